The van der Waals surface area contributed by atoms with Gasteiger partial charge in [-0.2, -0.15) is 0 Å². The van der Waals surface area contributed by atoms with Crippen molar-refractivity contribution in [2.75, 3.05) is 19.4 Å². The number of hydrogen-bond acceptors (Lipinski definition) is 6. The molecule has 2 aromatic rings. The second-order valence-corrected chi connectivity index (χ2v) is 7.86. The molecule has 2 aromatic carbocycles. The number of amides is 1. The number of Topliss-reactive ketones (excluding diaryl/α,β-unsaturated/α-hetero) is 1. The molecule has 0 spiro atoms. The maximum Gasteiger partial charge on any atom is 0.329 e. The van der Waals surface area contributed by atoms with Crippen molar-refractivity contribution in [1.82, 2.24) is 4.90 Å². The third-order valence-electron chi connectivity index (χ3n) is 4.93. The van der Waals surface area contributed by atoms with E-state index in [1.54, 1.807) is 42.1 Å². The van der Waals surface area contributed by atoms with Crippen LogP contribution >= 0.6 is 11.8 Å². The van der Waals surface area contributed by atoms with Gasteiger partial charge in [0.25, 0.3) is 0 Å². The Morgan fingerprint density at radius 3 is 2.53 bits per heavy atom. The fourth-order valence-electron chi connectivity index (χ4n) is 3.31. The minimum Gasteiger partial charge on any atom is -0.456 e. The lowest BCUT2D eigenvalue weighted by molar-refractivity contribution is -0.152. The Balaban J connectivity index is 1.61. The molecule has 0 radical (unpaired) electrons. The number of likely N-dealkylation sites (tertiary alicyclic amines) is 1. The van der Waals surface area contributed by atoms with Crippen LogP contribution in [0.4, 0.5) is 4.39 Å². The monoisotopic (exact) mass is 431 g/mol. The molecule has 1 N–H and O–H groups in total. The topological polar surface area (TPSA) is 83.9 Å². The first-order valence-corrected chi connectivity index (χ1v) is 10.7. The van der Waals surface area contributed by atoms with Gasteiger partial charge in [0, 0.05) is 23.4 Å². The van der Waals surface area contributed by atoms with Crippen molar-refractivity contribution < 1.29 is 28.6 Å². The molecule has 6 nitrogen and oxygen atoms in total. The van der Waals surface area contributed by atoms with Crippen LogP contribution in [0, 0.1) is 5.82 Å². The van der Waals surface area contributed by atoms with Crippen molar-refractivity contribution >= 4 is 29.4 Å². The average Bonchev–Trinajstić information content (AvgIpc) is 3.15. The normalized spacial score (nSPS) is 18.3. The lowest BCUT2D eigenvalue weighted by atomic mass is 10.1. The Labute approximate surface area is 178 Å². The van der Waals surface area contributed by atoms with Crippen molar-refractivity contribution in [2.45, 2.75) is 29.9 Å². The lowest BCUT2D eigenvalue weighted by Crippen LogP contribution is -2.42. The molecule has 1 saturated heterocycles. The largest absolute Gasteiger partial charge is 0.456 e. The highest BCUT2D eigenvalue weighted by Crippen LogP contribution is 2.22. The van der Waals surface area contributed by atoms with E-state index >= 15 is 0 Å². The summed E-state index contributed by atoms with van der Waals surface area (Å²) in [5.74, 6) is -2.12. The van der Waals surface area contributed by atoms with Crippen LogP contribution < -0.4 is 0 Å². The van der Waals surface area contributed by atoms with E-state index in [2.05, 4.69) is 0 Å². The summed E-state index contributed by atoms with van der Waals surface area (Å²) in [7, 11) is 0. The molecule has 1 amide bonds. The first kappa shape index (κ1) is 22.0. The summed E-state index contributed by atoms with van der Waals surface area (Å²) in [4.78, 5) is 39.6. The molecule has 0 aromatic heterocycles. The fraction of sp³-hybridized carbons (Fsp3) is 0.318. The van der Waals surface area contributed by atoms with Gasteiger partial charge in [-0.3, -0.25) is 9.59 Å². The first-order valence-electron chi connectivity index (χ1n) is 9.44. The number of thioether (sulfide) groups is 1. The number of halogens is 1. The number of carbonyl (C=O) groups excluding carboxylic acids is 3. The van der Waals surface area contributed by atoms with Gasteiger partial charge in [0.15, 0.2) is 12.4 Å². The zero-order valence-corrected chi connectivity index (χ0v) is 17.2. The Hall–Kier alpha value is -2.71. The maximum absolute atomic E-state index is 13.8. The standard InChI is InChI=1S/C22H22FNO5S/c1-30-17-8-6-14(7-9-17)20(26)13-29-22(28)19-11-16(25)12-24(19)21(27)10-15-4-2-3-5-18(15)23/h2-9,16,19,25H,10-13H2,1H3. The Kier molecular flexibility index (Phi) is 7.23. The van der Waals surface area contributed by atoms with Crippen molar-refractivity contribution in [2.24, 2.45) is 0 Å². The third kappa shape index (κ3) is 5.25. The van der Waals surface area contributed by atoms with Crippen molar-refractivity contribution in [3.05, 3.63) is 65.5 Å². The number of carbonyl (C=O) groups is 3. The predicted molar refractivity (Wildman–Crippen MR) is 110 cm³/mol. The van der Waals surface area contributed by atoms with Gasteiger partial charge in [-0.1, -0.05) is 30.3 Å². The second kappa shape index (κ2) is 9.86. The summed E-state index contributed by atoms with van der Waals surface area (Å²) in [5, 5.41) is 9.95. The molecule has 2 atom stereocenters. The van der Waals surface area contributed by atoms with E-state index in [1.807, 2.05) is 6.26 Å². The number of aliphatic hydroxyl groups excluding tert-OH is 1. The van der Waals surface area contributed by atoms with E-state index in [9.17, 15) is 23.9 Å². The molecule has 158 valence electrons. The summed E-state index contributed by atoms with van der Waals surface area (Å²) in [6, 6.07) is 11.8. The van der Waals surface area contributed by atoms with Crippen molar-refractivity contribution in [3.63, 3.8) is 0 Å². The van der Waals surface area contributed by atoms with Gasteiger partial charge in [0.1, 0.15) is 11.9 Å². The molecule has 8 heteroatoms. The van der Waals surface area contributed by atoms with E-state index in [0.29, 0.717) is 5.56 Å². The van der Waals surface area contributed by atoms with Gasteiger partial charge in [-0.05, 0) is 30.0 Å². The van der Waals surface area contributed by atoms with Crippen LogP contribution in [0.2, 0.25) is 0 Å². The van der Waals surface area contributed by atoms with E-state index in [0.717, 1.165) is 4.90 Å². The molecule has 1 fully saturated rings. The Morgan fingerprint density at radius 2 is 1.87 bits per heavy atom. The van der Waals surface area contributed by atoms with Gasteiger partial charge < -0.3 is 14.7 Å². The van der Waals surface area contributed by atoms with Gasteiger partial charge >= 0.3 is 5.97 Å². The molecule has 1 aliphatic rings. The third-order valence-corrected chi connectivity index (χ3v) is 5.67. The maximum atomic E-state index is 13.8. The van der Waals surface area contributed by atoms with Crippen LogP contribution in [0.3, 0.4) is 0 Å². The highest BCUT2D eigenvalue weighted by molar-refractivity contribution is 7.98. The van der Waals surface area contributed by atoms with Gasteiger partial charge in [-0.25, -0.2) is 9.18 Å². The summed E-state index contributed by atoms with van der Waals surface area (Å²) < 4.78 is 19.0. The number of rotatable bonds is 7. The molecule has 30 heavy (non-hydrogen) atoms. The van der Waals surface area contributed by atoms with Crippen LogP contribution in [0.1, 0.15) is 22.3 Å². The second-order valence-electron chi connectivity index (χ2n) is 6.98. The molecule has 0 bridgehead atoms. The molecular weight excluding hydrogens is 409 g/mol. The summed E-state index contributed by atoms with van der Waals surface area (Å²) >= 11 is 1.55. The van der Waals surface area contributed by atoms with E-state index in [-0.39, 0.29) is 30.7 Å². The number of aliphatic hydroxyl groups is 1. The van der Waals surface area contributed by atoms with Crippen LogP contribution in [-0.2, 0) is 20.7 Å². The zero-order valence-electron chi connectivity index (χ0n) is 16.4. The van der Waals surface area contributed by atoms with Crippen molar-refractivity contribution in [3.8, 4) is 0 Å². The van der Waals surface area contributed by atoms with E-state index in [1.165, 1.54) is 23.1 Å². The number of ketones is 1. The smallest absolute Gasteiger partial charge is 0.329 e. The van der Waals surface area contributed by atoms with Gasteiger partial charge in [0.2, 0.25) is 5.91 Å². The zero-order chi connectivity index (χ0) is 21.7. The minimum atomic E-state index is -1.01. The number of β-amino-alcohol motifs (C(OH)–C–C–N with tert-alkyl or cyclic N) is 1. The van der Waals surface area contributed by atoms with Crippen LogP contribution in [0.25, 0.3) is 0 Å². The summed E-state index contributed by atoms with van der Waals surface area (Å²) in [6.07, 6.45) is 0.817. The SMILES string of the molecule is CSc1ccc(C(=O)COC(=O)C2CC(O)CN2C(=O)Cc2ccccc2F)cc1. The highest BCUT2D eigenvalue weighted by Gasteiger charge is 2.40. The molecule has 1 heterocycles. The molecule has 3 rings (SSSR count). The van der Waals surface area contributed by atoms with Crippen LogP contribution in [0.5, 0.6) is 0 Å². The number of benzene rings is 2. The lowest BCUT2D eigenvalue weighted by Gasteiger charge is -2.23. The Morgan fingerprint density at radius 1 is 1.17 bits per heavy atom. The number of nitrogens with zero attached hydrogens (tertiary/aromatic N) is 1. The molecule has 0 saturated carbocycles. The number of hydrogen-bond donors (Lipinski definition) is 1. The quantitative estimate of drug-likeness (QED) is 0.412. The van der Waals surface area contributed by atoms with E-state index in [4.69, 9.17) is 4.74 Å². The number of ether oxygens (including phenoxy) is 1. The summed E-state index contributed by atoms with van der Waals surface area (Å²) in [6.45, 7) is -0.503. The van der Waals surface area contributed by atoms with Crippen molar-refractivity contribution in [1.29, 1.82) is 0 Å². The minimum absolute atomic E-state index is 0.0124. The average molecular weight is 431 g/mol. The molecular formula is C22H22FNO5S. The van der Waals surface area contributed by atoms with Crippen LogP contribution in [-0.4, -0.2) is 59.2 Å². The Bertz CT molecular complexity index is 933. The van der Waals surface area contributed by atoms with Crippen LogP contribution in [0.15, 0.2) is 53.4 Å². The molecule has 0 aliphatic carbocycles. The van der Waals surface area contributed by atoms with E-state index < -0.39 is 36.4 Å². The predicted octanol–water partition coefficient (Wildman–Crippen LogP) is 2.48. The van der Waals surface area contributed by atoms with Gasteiger partial charge in [0.05, 0.1) is 12.5 Å². The highest BCUT2D eigenvalue weighted by atomic mass is 32.2. The number of esters is 1. The summed E-state index contributed by atoms with van der Waals surface area (Å²) in [5.41, 5.74) is 0.624. The van der Waals surface area contributed by atoms with Gasteiger partial charge in [-0.15, -0.1) is 11.8 Å². The molecule has 2 unspecified atom stereocenters. The fourth-order valence-corrected chi connectivity index (χ4v) is 3.72. The molecule has 1 aliphatic heterocycles. The first-order chi connectivity index (χ1) is 14.4.